The van der Waals surface area contributed by atoms with Crippen LogP contribution in [-0.4, -0.2) is 28.1 Å². The van der Waals surface area contributed by atoms with E-state index in [9.17, 15) is 9.59 Å². The van der Waals surface area contributed by atoms with E-state index < -0.39 is 11.8 Å². The molecule has 0 saturated heterocycles. The average Bonchev–Trinajstić information content (AvgIpc) is 3.18. The molecule has 142 valence electrons. The van der Waals surface area contributed by atoms with Crippen molar-refractivity contribution in [1.82, 2.24) is 15.5 Å². The number of anilines is 1. The molecule has 0 fully saturated rings. The van der Waals surface area contributed by atoms with E-state index in [0.29, 0.717) is 12.1 Å². The van der Waals surface area contributed by atoms with Gasteiger partial charge in [-0.05, 0) is 49.1 Å². The lowest BCUT2D eigenvalue weighted by Gasteiger charge is -2.22. The van der Waals surface area contributed by atoms with Crippen LogP contribution < -0.4 is 10.6 Å². The third-order valence-corrected chi connectivity index (χ3v) is 5.75. The minimum atomic E-state index is -0.654. The summed E-state index contributed by atoms with van der Waals surface area (Å²) < 4.78 is 0. The highest BCUT2D eigenvalue weighted by Crippen LogP contribution is 2.33. The number of aromatic amines is 1. The first-order valence-electron chi connectivity index (χ1n) is 9.14. The van der Waals surface area contributed by atoms with Gasteiger partial charge >= 0.3 is 11.8 Å². The molecular formula is C21H20N4O2S. The molecule has 0 saturated carbocycles. The van der Waals surface area contributed by atoms with E-state index in [0.717, 1.165) is 33.9 Å². The maximum atomic E-state index is 12.4. The van der Waals surface area contributed by atoms with Crippen LogP contribution in [0, 0.1) is 0 Å². The van der Waals surface area contributed by atoms with Crippen molar-refractivity contribution in [2.45, 2.75) is 35.1 Å². The molecule has 3 aromatic rings. The molecule has 1 aromatic heterocycles. The number of rotatable bonds is 4. The second-order valence-electron chi connectivity index (χ2n) is 6.65. The quantitative estimate of drug-likeness (QED) is 0.595. The number of carbonyl (C=O) groups excluding carboxylic acids is 2. The first-order chi connectivity index (χ1) is 13.7. The van der Waals surface area contributed by atoms with Gasteiger partial charge in [-0.3, -0.25) is 14.7 Å². The first-order valence-corrected chi connectivity index (χ1v) is 9.95. The van der Waals surface area contributed by atoms with Crippen LogP contribution in [-0.2, 0) is 22.4 Å². The maximum Gasteiger partial charge on any atom is 0.313 e. The third kappa shape index (κ3) is 4.26. The Balaban J connectivity index is 1.39. The Labute approximate surface area is 167 Å². The van der Waals surface area contributed by atoms with Crippen molar-refractivity contribution >= 4 is 29.3 Å². The van der Waals surface area contributed by atoms with Gasteiger partial charge in [-0.15, -0.1) is 0 Å². The predicted octanol–water partition coefficient (Wildman–Crippen LogP) is 3.17. The lowest BCUT2D eigenvalue weighted by atomic mass is 9.93. The summed E-state index contributed by atoms with van der Waals surface area (Å²) in [6.45, 7) is 0. The molecule has 0 aliphatic heterocycles. The molecule has 0 radical (unpaired) electrons. The number of aryl methyl sites for hydroxylation is 1. The summed E-state index contributed by atoms with van der Waals surface area (Å²) in [5.41, 5.74) is 2.83. The van der Waals surface area contributed by atoms with Gasteiger partial charge in [-0.1, -0.05) is 42.1 Å². The van der Waals surface area contributed by atoms with E-state index in [1.807, 2.05) is 48.5 Å². The summed E-state index contributed by atoms with van der Waals surface area (Å²) in [6.07, 6.45) is 4.07. The zero-order valence-corrected chi connectivity index (χ0v) is 16.0. The van der Waals surface area contributed by atoms with Crippen molar-refractivity contribution in [2.75, 3.05) is 5.32 Å². The van der Waals surface area contributed by atoms with Crippen LogP contribution in [0.25, 0.3) is 0 Å². The van der Waals surface area contributed by atoms with E-state index in [4.69, 9.17) is 0 Å². The van der Waals surface area contributed by atoms with Crippen LogP contribution in [0.15, 0.2) is 70.6 Å². The molecule has 0 bridgehead atoms. The van der Waals surface area contributed by atoms with E-state index >= 15 is 0 Å². The van der Waals surface area contributed by atoms with Crippen molar-refractivity contribution in [3.8, 4) is 0 Å². The topological polar surface area (TPSA) is 86.9 Å². The smallest absolute Gasteiger partial charge is 0.313 e. The SMILES string of the molecule is O=C(Nc1ccccc1Sc1ccccc1)C(=O)N[C@@H]1CCc2[nH]ncc2C1. The number of H-pyrrole nitrogens is 1. The Morgan fingerprint density at radius 2 is 1.82 bits per heavy atom. The van der Waals surface area contributed by atoms with Gasteiger partial charge in [-0.2, -0.15) is 5.10 Å². The summed E-state index contributed by atoms with van der Waals surface area (Å²) in [4.78, 5) is 26.8. The molecule has 28 heavy (non-hydrogen) atoms. The summed E-state index contributed by atoms with van der Waals surface area (Å²) in [5, 5.41) is 12.6. The number of carbonyl (C=O) groups is 2. The second-order valence-corrected chi connectivity index (χ2v) is 7.77. The number of para-hydroxylation sites is 1. The second kappa shape index (κ2) is 8.31. The summed E-state index contributed by atoms with van der Waals surface area (Å²) in [5.74, 6) is -1.27. The van der Waals surface area contributed by atoms with Crippen LogP contribution in [0.5, 0.6) is 0 Å². The Morgan fingerprint density at radius 3 is 2.68 bits per heavy atom. The van der Waals surface area contributed by atoms with Crippen LogP contribution >= 0.6 is 11.8 Å². The van der Waals surface area contributed by atoms with E-state index in [1.54, 1.807) is 24.0 Å². The third-order valence-electron chi connectivity index (χ3n) is 4.66. The fourth-order valence-corrected chi connectivity index (χ4v) is 4.17. The van der Waals surface area contributed by atoms with E-state index in [1.165, 1.54) is 0 Å². The molecule has 4 rings (SSSR count). The standard InChI is InChI=1S/C21H20N4O2S/c26-20(23-15-10-11-17-14(12-15)13-22-25-17)21(27)24-18-8-4-5-9-19(18)28-16-6-2-1-3-7-16/h1-9,13,15H,10-12H2,(H,22,25)(H,23,26)(H,24,27)/t15-/m1/s1. The van der Waals surface area contributed by atoms with Crippen LogP contribution in [0.1, 0.15) is 17.7 Å². The molecule has 6 nitrogen and oxygen atoms in total. The summed E-state index contributed by atoms with van der Waals surface area (Å²) in [6, 6.07) is 17.3. The minimum absolute atomic E-state index is 0.0581. The summed E-state index contributed by atoms with van der Waals surface area (Å²) >= 11 is 1.54. The fraction of sp³-hybridized carbons (Fsp3) is 0.190. The number of nitrogens with zero attached hydrogens (tertiary/aromatic N) is 1. The highest BCUT2D eigenvalue weighted by atomic mass is 32.2. The first kappa shape index (κ1) is 18.3. The van der Waals surface area contributed by atoms with Crippen LogP contribution in [0.2, 0.25) is 0 Å². The van der Waals surface area contributed by atoms with Crippen molar-refractivity contribution in [2.24, 2.45) is 0 Å². The Hall–Kier alpha value is -3.06. The number of benzene rings is 2. The number of aromatic nitrogens is 2. The van der Waals surface area contributed by atoms with Gasteiger partial charge in [-0.25, -0.2) is 0 Å². The van der Waals surface area contributed by atoms with E-state index in [2.05, 4.69) is 20.8 Å². The predicted molar refractivity (Wildman–Crippen MR) is 108 cm³/mol. The molecule has 7 heteroatoms. The van der Waals surface area contributed by atoms with Gasteiger partial charge in [0.15, 0.2) is 0 Å². The summed E-state index contributed by atoms with van der Waals surface area (Å²) in [7, 11) is 0. The molecule has 3 N–H and O–H groups in total. The van der Waals surface area contributed by atoms with Crippen molar-refractivity contribution < 1.29 is 9.59 Å². The zero-order chi connectivity index (χ0) is 19.3. The van der Waals surface area contributed by atoms with Gasteiger partial charge in [0.2, 0.25) is 0 Å². The van der Waals surface area contributed by atoms with Crippen molar-refractivity contribution in [3.05, 3.63) is 72.1 Å². The monoisotopic (exact) mass is 392 g/mol. The number of hydrogen-bond donors (Lipinski definition) is 3. The molecule has 0 spiro atoms. The molecule has 1 aliphatic carbocycles. The van der Waals surface area contributed by atoms with Gasteiger partial charge < -0.3 is 10.6 Å². The Bertz CT molecular complexity index is 987. The van der Waals surface area contributed by atoms with Gasteiger partial charge in [0.05, 0.1) is 11.9 Å². The maximum absolute atomic E-state index is 12.4. The number of hydrogen-bond acceptors (Lipinski definition) is 4. The van der Waals surface area contributed by atoms with Crippen molar-refractivity contribution in [3.63, 3.8) is 0 Å². The van der Waals surface area contributed by atoms with Crippen LogP contribution in [0.3, 0.4) is 0 Å². The Kier molecular flexibility index (Phi) is 5.43. The molecule has 0 unspecified atom stereocenters. The molecule has 2 aromatic carbocycles. The number of nitrogens with one attached hydrogen (secondary N) is 3. The average molecular weight is 392 g/mol. The lowest BCUT2D eigenvalue weighted by Crippen LogP contribution is -2.44. The van der Waals surface area contributed by atoms with Gasteiger partial charge in [0.25, 0.3) is 0 Å². The zero-order valence-electron chi connectivity index (χ0n) is 15.1. The molecule has 2 amide bonds. The number of fused-ring (bicyclic) bond motifs is 1. The minimum Gasteiger partial charge on any atom is -0.345 e. The highest BCUT2D eigenvalue weighted by Gasteiger charge is 2.24. The van der Waals surface area contributed by atoms with Crippen molar-refractivity contribution in [1.29, 1.82) is 0 Å². The highest BCUT2D eigenvalue weighted by molar-refractivity contribution is 7.99. The lowest BCUT2D eigenvalue weighted by molar-refractivity contribution is -0.136. The molecule has 1 heterocycles. The van der Waals surface area contributed by atoms with Gasteiger partial charge in [0.1, 0.15) is 0 Å². The van der Waals surface area contributed by atoms with E-state index in [-0.39, 0.29) is 6.04 Å². The molecule has 1 atom stereocenters. The number of amides is 2. The van der Waals surface area contributed by atoms with Crippen LogP contribution in [0.4, 0.5) is 5.69 Å². The molecule has 1 aliphatic rings. The largest absolute Gasteiger partial charge is 0.345 e. The normalized spacial score (nSPS) is 15.5. The fourth-order valence-electron chi connectivity index (χ4n) is 3.24. The van der Waals surface area contributed by atoms with Gasteiger partial charge in [0, 0.05) is 21.5 Å². The Morgan fingerprint density at radius 1 is 1.04 bits per heavy atom. The molecular weight excluding hydrogens is 372 g/mol.